The molecule has 0 aromatic heterocycles. The first-order chi connectivity index (χ1) is 9.69. The van der Waals surface area contributed by atoms with E-state index >= 15 is 0 Å². The van der Waals surface area contributed by atoms with E-state index in [1.165, 1.54) is 0 Å². The van der Waals surface area contributed by atoms with Gasteiger partial charge in [-0.05, 0) is 31.7 Å². The molecule has 1 fully saturated rings. The zero-order valence-corrected chi connectivity index (χ0v) is 15.0. The van der Waals surface area contributed by atoms with Crippen molar-refractivity contribution in [3.8, 4) is 0 Å². The second-order valence-electron chi connectivity index (χ2n) is 6.17. The van der Waals surface area contributed by atoms with Crippen LogP contribution in [0.3, 0.4) is 0 Å². The molecule has 0 aliphatic heterocycles. The molecule has 7 heteroatoms. The molecule has 3 atom stereocenters. The fourth-order valence-electron chi connectivity index (χ4n) is 3.19. The van der Waals surface area contributed by atoms with Crippen LogP contribution in [0.5, 0.6) is 0 Å². The molecule has 1 N–H and O–H groups in total. The van der Waals surface area contributed by atoms with Gasteiger partial charge in [0, 0.05) is 12.3 Å². The topological polar surface area (TPSA) is 80.3 Å². The Hall–Kier alpha value is -0.140. The summed E-state index contributed by atoms with van der Waals surface area (Å²) in [7, 11) is -6.63. The van der Waals surface area contributed by atoms with Gasteiger partial charge in [0.25, 0.3) is 0 Å². The molecule has 1 aliphatic carbocycles. The first-order valence-electron chi connectivity index (χ1n) is 7.82. The minimum Gasteiger partial charge on any atom is -0.313 e. The minimum absolute atomic E-state index is 0.0346. The lowest BCUT2D eigenvalue weighted by atomic mass is 9.83. The first kappa shape index (κ1) is 18.9. The van der Waals surface area contributed by atoms with E-state index in [9.17, 15) is 16.8 Å². The molecule has 0 saturated heterocycles. The van der Waals surface area contributed by atoms with Gasteiger partial charge in [-0.3, -0.25) is 0 Å². The van der Waals surface area contributed by atoms with Gasteiger partial charge in [0.15, 0.2) is 9.84 Å². The average Bonchev–Trinajstić information content (AvgIpc) is 2.38. The van der Waals surface area contributed by atoms with Gasteiger partial charge in [0.1, 0.15) is 9.84 Å². The van der Waals surface area contributed by atoms with E-state index in [-0.39, 0.29) is 17.5 Å². The van der Waals surface area contributed by atoms with Crippen molar-refractivity contribution in [3.63, 3.8) is 0 Å². The van der Waals surface area contributed by atoms with Crippen LogP contribution < -0.4 is 5.32 Å². The number of nitrogens with one attached hydrogen (secondary N) is 1. The van der Waals surface area contributed by atoms with Gasteiger partial charge in [-0.1, -0.05) is 26.7 Å². The van der Waals surface area contributed by atoms with Gasteiger partial charge in [0.05, 0.1) is 16.8 Å². The number of hydrogen-bond acceptors (Lipinski definition) is 5. The molecule has 3 unspecified atom stereocenters. The fourth-order valence-corrected chi connectivity index (χ4v) is 6.93. The van der Waals surface area contributed by atoms with E-state index < -0.39 is 24.9 Å². The smallest absolute Gasteiger partial charge is 0.155 e. The highest BCUT2D eigenvalue weighted by atomic mass is 32.2. The van der Waals surface area contributed by atoms with Crippen LogP contribution in [0.4, 0.5) is 0 Å². The van der Waals surface area contributed by atoms with Crippen LogP contribution in [0.1, 0.15) is 46.0 Å². The van der Waals surface area contributed by atoms with E-state index in [4.69, 9.17) is 0 Å². The standard InChI is InChI=1S/C14H29NO4S2/c1-4-6-12-7-8-13(15-5-2)14(11-12)21(18,19)10-9-20(3,16)17/h12-15H,4-11H2,1-3H3. The molecule has 126 valence electrons. The van der Waals surface area contributed by atoms with Gasteiger partial charge < -0.3 is 5.32 Å². The Morgan fingerprint density at radius 1 is 1.05 bits per heavy atom. The first-order valence-corrected chi connectivity index (χ1v) is 11.6. The van der Waals surface area contributed by atoms with Crippen molar-refractivity contribution in [2.75, 3.05) is 24.3 Å². The summed E-state index contributed by atoms with van der Waals surface area (Å²) in [5.74, 6) is -0.0803. The van der Waals surface area contributed by atoms with Crippen LogP contribution in [0, 0.1) is 5.92 Å². The molecule has 0 radical (unpaired) electrons. The lowest BCUT2D eigenvalue weighted by molar-refractivity contribution is 0.282. The average molecular weight is 340 g/mol. The van der Waals surface area contributed by atoms with Crippen LogP contribution in [0.2, 0.25) is 0 Å². The predicted octanol–water partition coefficient (Wildman–Crippen LogP) is 1.39. The fraction of sp³-hybridized carbons (Fsp3) is 1.00. The van der Waals surface area contributed by atoms with Gasteiger partial charge in [0.2, 0.25) is 0 Å². The van der Waals surface area contributed by atoms with E-state index in [0.717, 1.165) is 38.5 Å². The normalized spacial score (nSPS) is 27.7. The van der Waals surface area contributed by atoms with E-state index in [2.05, 4.69) is 12.2 Å². The van der Waals surface area contributed by atoms with Crippen LogP contribution in [-0.4, -0.2) is 52.4 Å². The summed E-state index contributed by atoms with van der Waals surface area (Å²) in [6, 6.07) is -0.0346. The van der Waals surface area contributed by atoms with Crippen LogP contribution >= 0.6 is 0 Å². The molecule has 0 aromatic carbocycles. The lowest BCUT2D eigenvalue weighted by Crippen LogP contribution is -2.49. The Kier molecular flexibility index (Phi) is 7.13. The zero-order chi connectivity index (χ0) is 16.1. The second kappa shape index (κ2) is 7.92. The van der Waals surface area contributed by atoms with Gasteiger partial charge in [-0.15, -0.1) is 0 Å². The number of sulfone groups is 2. The summed E-state index contributed by atoms with van der Waals surface area (Å²) in [5.41, 5.74) is 0. The van der Waals surface area contributed by atoms with Crippen LogP contribution in [0.15, 0.2) is 0 Å². The Labute approximate surface area is 129 Å². The molecule has 1 saturated carbocycles. The molecular weight excluding hydrogens is 310 g/mol. The third-order valence-corrected chi connectivity index (χ3v) is 7.68. The van der Waals surface area contributed by atoms with Crippen LogP contribution in [-0.2, 0) is 19.7 Å². The molecule has 0 amide bonds. The molecule has 0 aromatic rings. The van der Waals surface area contributed by atoms with Crippen molar-refractivity contribution < 1.29 is 16.8 Å². The maximum Gasteiger partial charge on any atom is 0.155 e. The third-order valence-electron chi connectivity index (χ3n) is 4.26. The Bertz CT molecular complexity index is 513. The Morgan fingerprint density at radius 2 is 1.71 bits per heavy atom. The molecule has 1 rings (SSSR count). The lowest BCUT2D eigenvalue weighted by Gasteiger charge is -2.36. The second-order valence-corrected chi connectivity index (χ2v) is 10.8. The van der Waals surface area contributed by atoms with E-state index in [0.29, 0.717) is 12.3 Å². The van der Waals surface area contributed by atoms with Crippen molar-refractivity contribution in [2.24, 2.45) is 5.92 Å². The maximum atomic E-state index is 12.6. The number of hydrogen-bond donors (Lipinski definition) is 1. The minimum atomic E-state index is -3.38. The molecular formula is C14H29NO4S2. The third kappa shape index (κ3) is 6.24. The Balaban J connectivity index is 2.84. The van der Waals surface area contributed by atoms with Crippen molar-refractivity contribution >= 4 is 19.7 Å². The highest BCUT2D eigenvalue weighted by Crippen LogP contribution is 2.32. The summed E-state index contributed by atoms with van der Waals surface area (Å²) < 4.78 is 47.6. The summed E-state index contributed by atoms with van der Waals surface area (Å²) in [5, 5.41) is 2.83. The largest absolute Gasteiger partial charge is 0.313 e. The molecule has 21 heavy (non-hydrogen) atoms. The number of rotatable bonds is 8. The predicted molar refractivity (Wildman–Crippen MR) is 87.0 cm³/mol. The summed E-state index contributed by atoms with van der Waals surface area (Å²) >= 11 is 0. The molecule has 0 heterocycles. The highest BCUT2D eigenvalue weighted by Gasteiger charge is 2.38. The summed E-state index contributed by atoms with van der Waals surface area (Å²) in [6.45, 7) is 4.82. The molecule has 1 aliphatic rings. The monoisotopic (exact) mass is 339 g/mol. The van der Waals surface area contributed by atoms with Crippen molar-refractivity contribution in [1.82, 2.24) is 5.32 Å². The summed E-state index contributed by atoms with van der Waals surface area (Å²) in [6.07, 6.45) is 5.79. The summed E-state index contributed by atoms with van der Waals surface area (Å²) in [4.78, 5) is 0. The Morgan fingerprint density at radius 3 is 2.24 bits per heavy atom. The molecule has 0 spiro atoms. The van der Waals surface area contributed by atoms with Gasteiger partial charge in [-0.25, -0.2) is 16.8 Å². The SMILES string of the molecule is CCCC1CCC(NCC)C(S(=O)(=O)CCS(C)(=O)=O)C1. The van der Waals surface area contributed by atoms with Gasteiger partial charge in [-0.2, -0.15) is 0 Å². The van der Waals surface area contributed by atoms with Crippen molar-refractivity contribution in [1.29, 1.82) is 0 Å². The van der Waals surface area contributed by atoms with E-state index in [1.807, 2.05) is 6.92 Å². The van der Waals surface area contributed by atoms with Gasteiger partial charge >= 0.3 is 0 Å². The van der Waals surface area contributed by atoms with Crippen molar-refractivity contribution in [2.45, 2.75) is 57.2 Å². The van der Waals surface area contributed by atoms with Crippen LogP contribution in [0.25, 0.3) is 0 Å². The van der Waals surface area contributed by atoms with Crippen molar-refractivity contribution in [3.05, 3.63) is 0 Å². The quantitative estimate of drug-likeness (QED) is 0.723. The highest BCUT2D eigenvalue weighted by molar-refractivity contribution is 7.95. The van der Waals surface area contributed by atoms with E-state index in [1.54, 1.807) is 0 Å². The molecule has 0 bridgehead atoms. The zero-order valence-electron chi connectivity index (χ0n) is 13.3. The molecule has 5 nitrogen and oxygen atoms in total. The maximum absolute atomic E-state index is 12.6.